The molecule has 4 heteroatoms. The summed E-state index contributed by atoms with van der Waals surface area (Å²) in [5.74, 6) is 4.83. The highest BCUT2D eigenvalue weighted by molar-refractivity contribution is 5.73. The van der Waals surface area contributed by atoms with Crippen molar-refractivity contribution in [3.63, 3.8) is 0 Å². The van der Waals surface area contributed by atoms with Gasteiger partial charge in [0.05, 0.1) is 24.4 Å². The number of hydrogen-bond donors (Lipinski definition) is 0. The van der Waals surface area contributed by atoms with Gasteiger partial charge < -0.3 is 9.47 Å². The summed E-state index contributed by atoms with van der Waals surface area (Å²) >= 11 is 0. The maximum atomic E-state index is 6.92. The number of nitrogens with zero attached hydrogens (tertiary/aromatic N) is 2. The van der Waals surface area contributed by atoms with E-state index in [2.05, 4.69) is 82.6 Å². The maximum Gasteiger partial charge on any atom is 0.0737 e. The lowest BCUT2D eigenvalue weighted by molar-refractivity contribution is -0.177. The largest absolute Gasteiger partial charge is 0.372 e. The maximum absolute atomic E-state index is 6.92. The summed E-state index contributed by atoms with van der Waals surface area (Å²) < 4.78 is 13.8. The highest BCUT2D eigenvalue weighted by atomic mass is 16.5. The van der Waals surface area contributed by atoms with Gasteiger partial charge in [-0.05, 0) is 165 Å². The van der Waals surface area contributed by atoms with E-state index in [1.54, 1.807) is 11.1 Å². The molecule has 0 N–H and O–H groups in total. The van der Waals surface area contributed by atoms with Gasteiger partial charge in [-0.15, -0.1) is 0 Å². The van der Waals surface area contributed by atoms with Gasteiger partial charge in [0.1, 0.15) is 0 Å². The first-order chi connectivity index (χ1) is 28.7. The highest BCUT2D eigenvalue weighted by Gasteiger charge is 2.61. The molecule has 58 heavy (non-hydrogen) atoms. The smallest absolute Gasteiger partial charge is 0.0737 e. The van der Waals surface area contributed by atoms with Gasteiger partial charge in [0, 0.05) is 36.3 Å². The molecule has 0 bridgehead atoms. The van der Waals surface area contributed by atoms with Crippen LogP contribution in [0, 0.1) is 23.7 Å². The SMILES string of the molecule is c1cc(-c2ccc(C3CCC4C(C3)C3CCCC5OC6CCCCC6N4C53)cc2)cc(-c2ccc(C3CCC4C(C3)C3CCCC5OC6CCCCC6N4C53)cc2)c1. The van der Waals surface area contributed by atoms with Gasteiger partial charge in [0.25, 0.3) is 0 Å². The molecule has 306 valence electrons. The minimum absolute atomic E-state index is 0.509. The molecular weight excluding hydrogens is 709 g/mol. The molecule has 16 unspecified atom stereocenters. The van der Waals surface area contributed by atoms with E-state index in [0.29, 0.717) is 60.4 Å². The Labute approximate surface area is 348 Å². The number of fused-ring (bicyclic) bond motifs is 10. The lowest BCUT2D eigenvalue weighted by atomic mass is 9.68. The first kappa shape index (κ1) is 36.2. The third kappa shape index (κ3) is 5.80. The van der Waals surface area contributed by atoms with Crippen LogP contribution in [0.2, 0.25) is 0 Å². The molecule has 4 nitrogen and oxygen atoms in total. The molecule has 10 aliphatic rings. The lowest BCUT2D eigenvalue weighted by Crippen LogP contribution is -2.63. The van der Waals surface area contributed by atoms with Crippen molar-refractivity contribution in [2.75, 3.05) is 0 Å². The fourth-order valence-electron chi connectivity index (χ4n) is 16.8. The minimum Gasteiger partial charge on any atom is -0.372 e. The number of rotatable bonds is 4. The van der Waals surface area contributed by atoms with Crippen LogP contribution in [0.3, 0.4) is 0 Å². The topological polar surface area (TPSA) is 24.9 Å². The van der Waals surface area contributed by atoms with Crippen LogP contribution in [-0.2, 0) is 9.47 Å². The molecule has 4 saturated heterocycles. The molecule has 13 rings (SSSR count). The summed E-state index contributed by atoms with van der Waals surface area (Å²) in [6, 6.07) is 33.5. The molecule has 4 heterocycles. The molecule has 0 spiro atoms. The van der Waals surface area contributed by atoms with Gasteiger partial charge in [-0.25, -0.2) is 0 Å². The summed E-state index contributed by atoms with van der Waals surface area (Å²) in [6.45, 7) is 0. The first-order valence-corrected chi connectivity index (χ1v) is 24.9. The molecule has 6 aliphatic carbocycles. The van der Waals surface area contributed by atoms with Crippen LogP contribution in [-0.4, -0.2) is 70.5 Å². The summed E-state index contributed by atoms with van der Waals surface area (Å²) in [6.07, 6.45) is 29.4. The fourth-order valence-corrected chi connectivity index (χ4v) is 16.8. The van der Waals surface area contributed by atoms with E-state index < -0.39 is 0 Å². The summed E-state index contributed by atoms with van der Waals surface area (Å²) in [7, 11) is 0. The van der Waals surface area contributed by atoms with Gasteiger partial charge in [-0.3, -0.25) is 9.80 Å². The van der Waals surface area contributed by atoms with Gasteiger partial charge in [-0.2, -0.15) is 0 Å². The van der Waals surface area contributed by atoms with Gasteiger partial charge >= 0.3 is 0 Å². The molecule has 10 fully saturated rings. The Hall–Kier alpha value is -2.50. The average Bonchev–Trinajstić information content (AvgIpc) is 3.81. The molecule has 0 amide bonds. The van der Waals surface area contributed by atoms with E-state index in [1.165, 1.54) is 151 Å². The van der Waals surface area contributed by atoms with Crippen molar-refractivity contribution in [1.82, 2.24) is 9.80 Å². The van der Waals surface area contributed by atoms with Crippen molar-refractivity contribution >= 4 is 0 Å². The van der Waals surface area contributed by atoms with Crippen molar-refractivity contribution in [3.8, 4) is 22.3 Å². The van der Waals surface area contributed by atoms with Crippen LogP contribution in [0.25, 0.3) is 22.3 Å². The van der Waals surface area contributed by atoms with Crippen molar-refractivity contribution in [2.45, 2.75) is 201 Å². The molecule has 0 radical (unpaired) electrons. The van der Waals surface area contributed by atoms with E-state index in [-0.39, 0.29) is 0 Å². The number of morpholine rings is 2. The van der Waals surface area contributed by atoms with Crippen LogP contribution < -0.4 is 0 Å². The van der Waals surface area contributed by atoms with Crippen molar-refractivity contribution < 1.29 is 9.47 Å². The van der Waals surface area contributed by atoms with Crippen LogP contribution in [0.4, 0.5) is 0 Å². The first-order valence-electron chi connectivity index (χ1n) is 24.9. The Morgan fingerprint density at radius 1 is 0.362 bits per heavy atom. The molecular formula is C54H68N2O2. The van der Waals surface area contributed by atoms with Crippen LogP contribution in [0.1, 0.15) is 151 Å². The third-order valence-electron chi connectivity index (χ3n) is 19.1. The second kappa shape index (κ2) is 14.6. The standard InChI is InChI=1S/C54H68N2O2/c1-3-14-49-47(12-1)55-45-28-26-39(31-43(45)41-10-6-16-51(57-49)53(41)55)35-22-18-33(19-23-35)37-8-5-9-38(30-37)34-20-24-36(25-21-34)40-27-29-46-44(32-40)42-11-7-17-52-54(42)56(46)48-13-2-4-15-50(48)58-52/h5,8-9,18-25,30,39-54H,1-4,6-7,10-17,26-29,31-32H2. The summed E-state index contributed by atoms with van der Waals surface area (Å²) in [5, 5.41) is 0. The monoisotopic (exact) mass is 777 g/mol. The molecule has 6 saturated carbocycles. The number of hydrogen-bond acceptors (Lipinski definition) is 4. The lowest BCUT2D eigenvalue weighted by Gasteiger charge is -2.53. The van der Waals surface area contributed by atoms with E-state index in [0.717, 1.165) is 35.8 Å². The van der Waals surface area contributed by atoms with Crippen molar-refractivity contribution in [1.29, 1.82) is 0 Å². The van der Waals surface area contributed by atoms with Gasteiger partial charge in [0.2, 0.25) is 0 Å². The molecule has 4 aliphatic heterocycles. The molecule has 16 atom stereocenters. The second-order valence-electron chi connectivity index (χ2n) is 21.5. The highest BCUT2D eigenvalue weighted by Crippen LogP contribution is 2.58. The van der Waals surface area contributed by atoms with Crippen LogP contribution >= 0.6 is 0 Å². The number of ether oxygens (including phenoxy) is 2. The summed E-state index contributed by atoms with van der Waals surface area (Å²) in [4.78, 5) is 6.22. The number of benzene rings is 3. The normalized spacial score (nSPS) is 44.3. The van der Waals surface area contributed by atoms with Gasteiger partial charge in [0.15, 0.2) is 0 Å². The predicted octanol–water partition coefficient (Wildman–Crippen LogP) is 11.9. The Morgan fingerprint density at radius 3 is 1.29 bits per heavy atom. The quantitative estimate of drug-likeness (QED) is 0.263. The summed E-state index contributed by atoms with van der Waals surface area (Å²) in [5.41, 5.74) is 8.54. The Balaban J connectivity index is 0.687. The average molecular weight is 777 g/mol. The zero-order valence-corrected chi connectivity index (χ0v) is 35.0. The van der Waals surface area contributed by atoms with Crippen molar-refractivity contribution in [2.24, 2.45) is 23.7 Å². The zero-order chi connectivity index (χ0) is 37.9. The molecule has 3 aromatic rings. The van der Waals surface area contributed by atoms with Crippen molar-refractivity contribution in [3.05, 3.63) is 83.9 Å². The Morgan fingerprint density at radius 2 is 0.810 bits per heavy atom. The van der Waals surface area contributed by atoms with E-state index in [9.17, 15) is 0 Å². The van der Waals surface area contributed by atoms with E-state index in [4.69, 9.17) is 9.47 Å². The predicted molar refractivity (Wildman–Crippen MR) is 233 cm³/mol. The van der Waals surface area contributed by atoms with E-state index >= 15 is 0 Å². The fraction of sp³-hybridized carbons (Fsp3) is 0.667. The molecule has 0 aromatic heterocycles. The Bertz CT molecular complexity index is 1820. The third-order valence-corrected chi connectivity index (χ3v) is 19.1. The zero-order valence-electron chi connectivity index (χ0n) is 35.0. The Kier molecular flexibility index (Phi) is 9.08. The van der Waals surface area contributed by atoms with Crippen LogP contribution in [0.15, 0.2) is 72.8 Å². The van der Waals surface area contributed by atoms with Crippen LogP contribution in [0.5, 0.6) is 0 Å². The minimum atomic E-state index is 0.509. The second-order valence-corrected chi connectivity index (χ2v) is 21.5. The van der Waals surface area contributed by atoms with Gasteiger partial charge in [-0.1, -0.05) is 105 Å². The molecule has 3 aromatic carbocycles. The van der Waals surface area contributed by atoms with E-state index in [1.807, 2.05) is 0 Å².